The molecule has 1 amide bonds. The minimum atomic E-state index is -0.135. The number of rotatable bonds is 2. The topological polar surface area (TPSA) is 59.2 Å². The number of benzene rings is 2. The second-order valence-corrected chi connectivity index (χ2v) is 4.80. The second kappa shape index (κ2) is 5.25. The number of para-hydroxylation sites is 2. The number of aromatic nitrogens is 1. The van der Waals surface area contributed by atoms with Gasteiger partial charge in [0.25, 0.3) is 5.91 Å². The molecule has 0 saturated carbocycles. The van der Waals surface area contributed by atoms with Crippen molar-refractivity contribution in [3.05, 3.63) is 66.4 Å². The van der Waals surface area contributed by atoms with Crippen LogP contribution in [0.4, 0.5) is 11.4 Å². The van der Waals surface area contributed by atoms with Gasteiger partial charge in [0, 0.05) is 24.3 Å². The highest BCUT2D eigenvalue weighted by Gasteiger charge is 2.17. The van der Waals surface area contributed by atoms with Crippen LogP contribution >= 0.6 is 0 Å². The highest BCUT2D eigenvalue weighted by atomic mass is 16.2. The summed E-state index contributed by atoms with van der Waals surface area (Å²) in [5.41, 5.74) is 8.54. The van der Waals surface area contributed by atoms with E-state index in [9.17, 15) is 4.79 Å². The molecule has 0 unspecified atom stereocenters. The van der Waals surface area contributed by atoms with Gasteiger partial charge in [-0.05, 0) is 24.3 Å². The monoisotopic (exact) mass is 277 g/mol. The Morgan fingerprint density at radius 2 is 1.76 bits per heavy atom. The van der Waals surface area contributed by atoms with Gasteiger partial charge in [-0.3, -0.25) is 9.78 Å². The van der Waals surface area contributed by atoms with Crippen molar-refractivity contribution in [3.8, 4) is 0 Å². The molecular formula is C17H15N3O. The number of nitrogen functional groups attached to an aromatic ring is 1. The average molecular weight is 277 g/mol. The van der Waals surface area contributed by atoms with Gasteiger partial charge in [-0.15, -0.1) is 0 Å². The Bertz CT molecular complexity index is 808. The highest BCUT2D eigenvalue weighted by Crippen LogP contribution is 2.26. The summed E-state index contributed by atoms with van der Waals surface area (Å²) < 4.78 is 0. The molecule has 0 bridgehead atoms. The van der Waals surface area contributed by atoms with Crippen molar-refractivity contribution in [2.45, 2.75) is 0 Å². The van der Waals surface area contributed by atoms with Gasteiger partial charge in [0.1, 0.15) is 0 Å². The Kier molecular flexibility index (Phi) is 3.28. The number of carbonyl (C=O) groups is 1. The van der Waals surface area contributed by atoms with Crippen LogP contribution in [0.5, 0.6) is 0 Å². The molecule has 0 spiro atoms. The molecule has 2 N–H and O–H groups in total. The first kappa shape index (κ1) is 13.1. The zero-order valence-corrected chi connectivity index (χ0v) is 11.7. The largest absolute Gasteiger partial charge is 0.398 e. The SMILES string of the molecule is CN(C(=O)c1ccccc1N)c1ccnc2ccccc12. The molecule has 3 aromatic rings. The van der Waals surface area contributed by atoms with E-state index >= 15 is 0 Å². The zero-order chi connectivity index (χ0) is 14.8. The maximum Gasteiger partial charge on any atom is 0.260 e. The Hall–Kier alpha value is -2.88. The summed E-state index contributed by atoms with van der Waals surface area (Å²) in [5.74, 6) is -0.135. The normalized spacial score (nSPS) is 10.5. The number of amides is 1. The van der Waals surface area contributed by atoms with Crippen molar-refractivity contribution in [2.75, 3.05) is 17.7 Å². The average Bonchev–Trinajstić information content (AvgIpc) is 2.53. The molecule has 104 valence electrons. The molecule has 0 fully saturated rings. The molecular weight excluding hydrogens is 262 g/mol. The number of nitrogens with two attached hydrogens (primary N) is 1. The van der Waals surface area contributed by atoms with Gasteiger partial charge in [0.15, 0.2) is 0 Å². The van der Waals surface area contributed by atoms with Crippen LogP contribution in [-0.2, 0) is 0 Å². The predicted molar refractivity (Wildman–Crippen MR) is 85.3 cm³/mol. The molecule has 3 rings (SSSR count). The number of fused-ring (bicyclic) bond motifs is 1. The molecule has 1 heterocycles. The maximum absolute atomic E-state index is 12.6. The van der Waals surface area contributed by atoms with Crippen molar-refractivity contribution in [3.63, 3.8) is 0 Å². The van der Waals surface area contributed by atoms with E-state index in [1.54, 1.807) is 30.3 Å². The molecule has 21 heavy (non-hydrogen) atoms. The summed E-state index contributed by atoms with van der Waals surface area (Å²) in [7, 11) is 1.75. The van der Waals surface area contributed by atoms with Crippen LogP contribution in [0.15, 0.2) is 60.8 Å². The second-order valence-electron chi connectivity index (χ2n) is 4.80. The van der Waals surface area contributed by atoms with E-state index in [2.05, 4.69) is 4.98 Å². The van der Waals surface area contributed by atoms with E-state index in [1.165, 1.54) is 0 Å². The maximum atomic E-state index is 12.6. The Morgan fingerprint density at radius 1 is 1.05 bits per heavy atom. The molecule has 0 aliphatic rings. The van der Waals surface area contributed by atoms with E-state index in [4.69, 9.17) is 5.73 Å². The lowest BCUT2D eigenvalue weighted by Gasteiger charge is -2.20. The van der Waals surface area contributed by atoms with Crippen molar-refractivity contribution in [1.82, 2.24) is 4.98 Å². The van der Waals surface area contributed by atoms with Gasteiger partial charge in [-0.2, -0.15) is 0 Å². The molecule has 0 saturated heterocycles. The first-order valence-electron chi connectivity index (χ1n) is 6.65. The van der Waals surface area contributed by atoms with Gasteiger partial charge >= 0.3 is 0 Å². The van der Waals surface area contributed by atoms with Crippen molar-refractivity contribution in [2.24, 2.45) is 0 Å². The highest BCUT2D eigenvalue weighted by molar-refractivity contribution is 6.12. The minimum Gasteiger partial charge on any atom is -0.398 e. The van der Waals surface area contributed by atoms with E-state index < -0.39 is 0 Å². The third-order valence-corrected chi connectivity index (χ3v) is 3.48. The minimum absolute atomic E-state index is 0.135. The van der Waals surface area contributed by atoms with E-state index in [0.29, 0.717) is 11.3 Å². The van der Waals surface area contributed by atoms with Crippen LogP contribution in [0.25, 0.3) is 10.9 Å². The summed E-state index contributed by atoms with van der Waals surface area (Å²) in [6, 6.07) is 16.7. The van der Waals surface area contributed by atoms with Crippen molar-refractivity contribution in [1.29, 1.82) is 0 Å². The number of anilines is 2. The molecule has 4 heteroatoms. The third-order valence-electron chi connectivity index (χ3n) is 3.48. The van der Waals surface area contributed by atoms with Crippen LogP contribution in [0.1, 0.15) is 10.4 Å². The number of pyridine rings is 1. The van der Waals surface area contributed by atoms with Crippen molar-refractivity contribution >= 4 is 28.2 Å². The van der Waals surface area contributed by atoms with Crippen LogP contribution < -0.4 is 10.6 Å². The Morgan fingerprint density at radius 3 is 2.57 bits per heavy atom. The Labute approximate surface area is 122 Å². The lowest BCUT2D eigenvalue weighted by molar-refractivity contribution is 0.0994. The fraction of sp³-hybridized carbons (Fsp3) is 0.0588. The fourth-order valence-electron chi connectivity index (χ4n) is 2.36. The van der Waals surface area contributed by atoms with Crippen LogP contribution in [0.2, 0.25) is 0 Å². The first-order valence-corrected chi connectivity index (χ1v) is 6.65. The molecule has 4 nitrogen and oxygen atoms in total. The number of carbonyl (C=O) groups excluding carboxylic acids is 1. The van der Waals surface area contributed by atoms with Gasteiger partial charge in [0.2, 0.25) is 0 Å². The molecule has 0 atom stereocenters. The fourth-order valence-corrected chi connectivity index (χ4v) is 2.36. The molecule has 0 aliphatic carbocycles. The molecule has 1 aromatic heterocycles. The lowest BCUT2D eigenvalue weighted by Crippen LogP contribution is -2.27. The quantitative estimate of drug-likeness (QED) is 0.732. The number of hydrogen-bond acceptors (Lipinski definition) is 3. The van der Waals surface area contributed by atoms with E-state index in [-0.39, 0.29) is 5.91 Å². The summed E-state index contributed by atoms with van der Waals surface area (Å²) in [5, 5.41) is 0.936. The zero-order valence-electron chi connectivity index (χ0n) is 11.7. The summed E-state index contributed by atoms with van der Waals surface area (Å²) in [4.78, 5) is 18.6. The van der Waals surface area contributed by atoms with E-state index in [0.717, 1.165) is 16.6 Å². The summed E-state index contributed by atoms with van der Waals surface area (Å²) in [6.45, 7) is 0. The summed E-state index contributed by atoms with van der Waals surface area (Å²) >= 11 is 0. The Balaban J connectivity index is 2.07. The molecule has 0 aliphatic heterocycles. The lowest BCUT2D eigenvalue weighted by atomic mass is 10.1. The van der Waals surface area contributed by atoms with Crippen molar-refractivity contribution < 1.29 is 4.79 Å². The van der Waals surface area contributed by atoms with Crippen LogP contribution in [-0.4, -0.2) is 17.9 Å². The van der Waals surface area contributed by atoms with E-state index in [1.807, 2.05) is 42.5 Å². The molecule has 2 aromatic carbocycles. The molecule has 0 radical (unpaired) electrons. The van der Waals surface area contributed by atoms with Gasteiger partial charge < -0.3 is 10.6 Å². The van der Waals surface area contributed by atoms with Gasteiger partial charge in [0.05, 0.1) is 16.8 Å². The van der Waals surface area contributed by atoms with Crippen LogP contribution in [0, 0.1) is 0 Å². The standard InChI is InChI=1S/C17H15N3O/c1-20(17(21)12-6-2-4-8-14(12)18)16-10-11-19-15-9-5-3-7-13(15)16/h2-11H,18H2,1H3. The smallest absolute Gasteiger partial charge is 0.260 e. The summed E-state index contributed by atoms with van der Waals surface area (Å²) in [6.07, 6.45) is 1.70. The van der Waals surface area contributed by atoms with Gasteiger partial charge in [-0.25, -0.2) is 0 Å². The third kappa shape index (κ3) is 2.31. The van der Waals surface area contributed by atoms with Gasteiger partial charge in [-0.1, -0.05) is 30.3 Å². The number of hydrogen-bond donors (Lipinski definition) is 1. The predicted octanol–water partition coefficient (Wildman–Crippen LogP) is 3.09. The number of nitrogens with zero attached hydrogens (tertiary/aromatic N) is 2. The first-order chi connectivity index (χ1) is 10.2. The van der Waals surface area contributed by atoms with Crippen LogP contribution in [0.3, 0.4) is 0 Å².